The second-order valence-electron chi connectivity index (χ2n) is 12.8. The summed E-state index contributed by atoms with van der Waals surface area (Å²) in [5.41, 5.74) is 0. The lowest BCUT2D eigenvalue weighted by molar-refractivity contribution is 0.511. The maximum atomic E-state index is 3.72. The Bertz CT molecular complexity index is 447. The Morgan fingerprint density at radius 3 is 0.718 bits per heavy atom. The highest BCUT2D eigenvalue weighted by molar-refractivity contribution is 4.96. The lowest BCUT2D eigenvalue weighted by Gasteiger charge is -2.05. The van der Waals surface area contributed by atoms with Crippen LogP contribution < -0.4 is 0 Å². The number of unbranched alkanes of at least 4 members (excludes halogenated alkanes) is 33. The molecule has 0 heterocycles. The van der Waals surface area contributed by atoms with Crippen LogP contribution in [0.15, 0.2) is 24.8 Å². The third-order valence-corrected chi connectivity index (χ3v) is 8.75. The van der Waals surface area contributed by atoms with Crippen molar-refractivity contribution in [2.24, 2.45) is 0 Å². The first-order valence-corrected chi connectivity index (χ1v) is 18.7. The van der Waals surface area contributed by atoms with Gasteiger partial charge in [0.2, 0.25) is 0 Å². The van der Waals surface area contributed by atoms with E-state index in [1.54, 1.807) is 0 Å². The molecule has 0 bridgehead atoms. The van der Waals surface area contributed by atoms with Crippen molar-refractivity contribution in [3.8, 4) is 0 Å². The maximum absolute atomic E-state index is 3.72. The first-order valence-electron chi connectivity index (χ1n) is 18.7. The minimum Gasteiger partial charge on any atom is -0.0991 e. The minimum atomic E-state index is 1.23. The second-order valence-corrected chi connectivity index (χ2v) is 12.8. The molecule has 0 atom stereocenters. The Morgan fingerprint density at radius 1 is 0.308 bits per heavy atom. The summed E-state index contributed by atoms with van der Waals surface area (Å²) in [5.74, 6) is 0. The quantitative estimate of drug-likeness (QED) is 0.0549. The topological polar surface area (TPSA) is 0 Å². The van der Waals surface area contributed by atoms with E-state index < -0.39 is 0 Å². The van der Waals surface area contributed by atoms with Crippen molar-refractivity contribution in [2.45, 2.75) is 225 Å². The van der Waals surface area contributed by atoms with Crippen LogP contribution in [0.5, 0.6) is 0 Å². The fraction of sp³-hybridized carbons (Fsp3) is 0.897. The van der Waals surface area contributed by atoms with Crippen LogP contribution in [-0.2, 0) is 0 Å². The first-order chi connectivity index (χ1) is 19.4. The zero-order valence-electron chi connectivity index (χ0n) is 27.5. The molecule has 0 radical (unpaired) electrons. The number of allylic oxidation sites excluding steroid dienone is 3. The molecule has 0 aliphatic rings. The summed E-state index contributed by atoms with van der Waals surface area (Å²) in [6.45, 7) is 6.03. The van der Waals surface area contributed by atoms with Gasteiger partial charge in [-0.3, -0.25) is 0 Å². The van der Waals surface area contributed by atoms with Gasteiger partial charge in [-0.2, -0.15) is 0 Å². The lowest BCUT2D eigenvalue weighted by Crippen LogP contribution is -1.85. The van der Waals surface area contributed by atoms with Gasteiger partial charge in [-0.25, -0.2) is 0 Å². The summed E-state index contributed by atoms with van der Waals surface area (Å²) in [5, 5.41) is 0. The molecule has 0 rings (SSSR count). The molecule has 0 aromatic heterocycles. The largest absolute Gasteiger partial charge is 0.0991 e. The van der Waals surface area contributed by atoms with E-state index in [1.165, 1.54) is 218 Å². The van der Waals surface area contributed by atoms with Crippen molar-refractivity contribution in [3.05, 3.63) is 24.8 Å². The van der Waals surface area contributed by atoms with E-state index in [9.17, 15) is 0 Å². The number of hydrogen-bond donors (Lipinski definition) is 0. The Labute approximate surface area is 249 Å². The summed E-state index contributed by atoms with van der Waals surface area (Å²) in [6.07, 6.45) is 56.0. The molecule has 0 aliphatic carbocycles. The predicted molar refractivity (Wildman–Crippen MR) is 182 cm³/mol. The SMILES string of the molecule is C=C/C=C/CCCCCCCCCCCCCCCCCCCCCCCCCCCCCCCCCCC. The fourth-order valence-corrected chi connectivity index (χ4v) is 6.01. The summed E-state index contributed by atoms with van der Waals surface area (Å²) < 4.78 is 0. The minimum absolute atomic E-state index is 1.23. The fourth-order valence-electron chi connectivity index (χ4n) is 6.01. The number of hydrogen-bond acceptors (Lipinski definition) is 0. The molecule has 0 aromatic carbocycles. The second kappa shape index (κ2) is 37.5. The highest BCUT2D eigenvalue weighted by atomic mass is 14.0. The van der Waals surface area contributed by atoms with Gasteiger partial charge in [-0.05, 0) is 12.8 Å². The average molecular weight is 545 g/mol. The molecule has 0 fully saturated rings. The smallest absolute Gasteiger partial charge is 0.0348 e. The third kappa shape index (κ3) is 37.5. The summed E-state index contributed by atoms with van der Waals surface area (Å²) in [7, 11) is 0. The zero-order valence-corrected chi connectivity index (χ0v) is 27.5. The molecule has 0 aromatic rings. The summed E-state index contributed by atoms with van der Waals surface area (Å²) in [4.78, 5) is 0. The molecular formula is C39H76. The molecule has 0 aliphatic heterocycles. The molecule has 0 amide bonds. The number of rotatable bonds is 35. The molecule has 232 valence electrons. The Balaban J connectivity index is 3.03. The summed E-state index contributed by atoms with van der Waals surface area (Å²) in [6, 6.07) is 0. The van der Waals surface area contributed by atoms with E-state index in [0.29, 0.717) is 0 Å². The lowest BCUT2D eigenvalue weighted by atomic mass is 10.0. The van der Waals surface area contributed by atoms with E-state index in [0.717, 1.165) is 0 Å². The first kappa shape index (κ1) is 38.5. The van der Waals surface area contributed by atoms with Crippen molar-refractivity contribution in [1.29, 1.82) is 0 Å². The van der Waals surface area contributed by atoms with E-state index in [2.05, 4.69) is 25.7 Å². The summed E-state index contributed by atoms with van der Waals surface area (Å²) >= 11 is 0. The van der Waals surface area contributed by atoms with Gasteiger partial charge in [0.05, 0.1) is 0 Å². The van der Waals surface area contributed by atoms with Gasteiger partial charge >= 0.3 is 0 Å². The Hall–Kier alpha value is -0.520. The molecule has 39 heavy (non-hydrogen) atoms. The van der Waals surface area contributed by atoms with Crippen molar-refractivity contribution in [2.75, 3.05) is 0 Å². The standard InChI is InChI=1S/C39H76/c1-3-5-7-9-11-13-15-17-19-21-23-25-27-29-31-33-35-37-39-38-36-34-32-30-28-26-24-22-20-18-16-14-12-10-8-6-4-2/h3,5,7H,1,4,6,8-39H2,2H3/b7-5+. The van der Waals surface area contributed by atoms with Gasteiger partial charge in [-0.1, -0.05) is 237 Å². The Kier molecular flexibility index (Phi) is 37.0. The van der Waals surface area contributed by atoms with Crippen molar-refractivity contribution in [3.63, 3.8) is 0 Å². The predicted octanol–water partition coefficient (Wildman–Crippen LogP) is 15.0. The molecule has 0 N–H and O–H groups in total. The van der Waals surface area contributed by atoms with Crippen LogP contribution in [0.1, 0.15) is 225 Å². The van der Waals surface area contributed by atoms with Crippen LogP contribution in [0.3, 0.4) is 0 Å². The Morgan fingerprint density at radius 2 is 0.513 bits per heavy atom. The molecule has 0 heteroatoms. The van der Waals surface area contributed by atoms with Crippen LogP contribution in [0.25, 0.3) is 0 Å². The highest BCUT2D eigenvalue weighted by Gasteiger charge is 1.97. The zero-order chi connectivity index (χ0) is 28.2. The van der Waals surface area contributed by atoms with E-state index in [1.807, 2.05) is 6.08 Å². The van der Waals surface area contributed by atoms with Crippen molar-refractivity contribution >= 4 is 0 Å². The molecule has 0 saturated carbocycles. The van der Waals surface area contributed by atoms with Gasteiger partial charge in [0.15, 0.2) is 0 Å². The van der Waals surface area contributed by atoms with Gasteiger partial charge in [-0.15, -0.1) is 0 Å². The van der Waals surface area contributed by atoms with Gasteiger partial charge in [0, 0.05) is 0 Å². The van der Waals surface area contributed by atoms with E-state index in [-0.39, 0.29) is 0 Å². The van der Waals surface area contributed by atoms with Crippen LogP contribution >= 0.6 is 0 Å². The van der Waals surface area contributed by atoms with Crippen molar-refractivity contribution in [1.82, 2.24) is 0 Å². The molecule has 0 nitrogen and oxygen atoms in total. The van der Waals surface area contributed by atoms with Gasteiger partial charge < -0.3 is 0 Å². The van der Waals surface area contributed by atoms with Crippen LogP contribution in [0.4, 0.5) is 0 Å². The third-order valence-electron chi connectivity index (χ3n) is 8.75. The van der Waals surface area contributed by atoms with Crippen LogP contribution in [0.2, 0.25) is 0 Å². The van der Waals surface area contributed by atoms with Gasteiger partial charge in [0.1, 0.15) is 0 Å². The maximum Gasteiger partial charge on any atom is -0.0348 e. The normalized spacial score (nSPS) is 11.6. The molecule has 0 unspecified atom stereocenters. The van der Waals surface area contributed by atoms with Crippen LogP contribution in [0, 0.1) is 0 Å². The monoisotopic (exact) mass is 545 g/mol. The van der Waals surface area contributed by atoms with E-state index in [4.69, 9.17) is 0 Å². The van der Waals surface area contributed by atoms with E-state index >= 15 is 0 Å². The molecule has 0 saturated heterocycles. The molecular weight excluding hydrogens is 468 g/mol. The van der Waals surface area contributed by atoms with Gasteiger partial charge in [0.25, 0.3) is 0 Å². The van der Waals surface area contributed by atoms with Crippen molar-refractivity contribution < 1.29 is 0 Å². The van der Waals surface area contributed by atoms with Crippen LogP contribution in [-0.4, -0.2) is 0 Å². The average Bonchev–Trinajstić information content (AvgIpc) is 2.95. The highest BCUT2D eigenvalue weighted by Crippen LogP contribution is 2.17. The molecule has 0 spiro atoms.